The van der Waals surface area contributed by atoms with E-state index in [-0.39, 0.29) is 18.7 Å². The second-order valence-electron chi connectivity index (χ2n) is 7.31. The first kappa shape index (κ1) is 18.4. The van der Waals surface area contributed by atoms with Crippen LogP contribution in [0, 0.1) is 13.8 Å². The van der Waals surface area contributed by atoms with Crippen LogP contribution >= 0.6 is 0 Å². The summed E-state index contributed by atoms with van der Waals surface area (Å²) >= 11 is 0. The number of rotatable bonds is 5. The predicted octanol–water partition coefficient (Wildman–Crippen LogP) is 3.39. The number of pyridine rings is 1. The fourth-order valence-electron chi connectivity index (χ4n) is 3.63. The van der Waals surface area contributed by atoms with Crippen LogP contribution in [0.2, 0.25) is 0 Å². The fourth-order valence-corrected chi connectivity index (χ4v) is 3.63. The lowest BCUT2D eigenvalue weighted by Crippen LogP contribution is -2.53. The summed E-state index contributed by atoms with van der Waals surface area (Å²) in [6, 6.07) is 9.50. The molecule has 1 saturated carbocycles. The minimum atomic E-state index is -0.493. The summed E-state index contributed by atoms with van der Waals surface area (Å²) < 4.78 is 0. The topological polar surface area (TPSA) is 74.2 Å². The van der Waals surface area contributed by atoms with E-state index in [0.29, 0.717) is 0 Å². The van der Waals surface area contributed by atoms with Crippen LogP contribution in [-0.2, 0) is 0 Å². The Bertz CT molecular complexity index is 755. The van der Waals surface area contributed by atoms with Gasteiger partial charge in [0.1, 0.15) is 0 Å². The number of aliphatic hydroxyl groups excluding tert-OH is 1. The quantitative estimate of drug-likeness (QED) is 0.771. The number of hydrogen-bond donors (Lipinski definition) is 3. The van der Waals surface area contributed by atoms with Crippen molar-refractivity contribution >= 4 is 6.03 Å². The summed E-state index contributed by atoms with van der Waals surface area (Å²) in [5.74, 6) is 0. The Morgan fingerprint density at radius 1 is 1.19 bits per heavy atom. The lowest BCUT2D eigenvalue weighted by molar-refractivity contribution is 0.162. The van der Waals surface area contributed by atoms with Crippen molar-refractivity contribution in [3.8, 4) is 0 Å². The molecule has 1 heterocycles. The van der Waals surface area contributed by atoms with Gasteiger partial charge in [0.05, 0.1) is 18.2 Å². The molecule has 0 spiro atoms. The predicted molar refractivity (Wildman–Crippen MR) is 102 cm³/mol. The third-order valence-corrected chi connectivity index (χ3v) is 5.40. The monoisotopic (exact) mass is 353 g/mol. The third-order valence-electron chi connectivity index (χ3n) is 5.40. The Morgan fingerprint density at radius 2 is 1.96 bits per heavy atom. The zero-order chi connectivity index (χ0) is 18.6. The first-order chi connectivity index (χ1) is 12.5. The Morgan fingerprint density at radius 3 is 2.58 bits per heavy atom. The molecule has 3 rings (SSSR count). The van der Waals surface area contributed by atoms with Crippen LogP contribution in [-0.4, -0.2) is 28.3 Å². The number of nitrogens with one attached hydrogen (secondary N) is 2. The molecule has 1 fully saturated rings. The molecule has 3 N–H and O–H groups in total. The van der Waals surface area contributed by atoms with E-state index in [2.05, 4.69) is 41.6 Å². The van der Waals surface area contributed by atoms with E-state index in [4.69, 9.17) is 0 Å². The average molecular weight is 353 g/mol. The van der Waals surface area contributed by atoms with Crippen molar-refractivity contribution in [2.45, 2.75) is 51.1 Å². The SMILES string of the molecule is Cc1ccc([C@H](NC(=O)NC2(CO)CCCC2)c2cccnc2)cc1C. The number of urea groups is 1. The summed E-state index contributed by atoms with van der Waals surface area (Å²) in [6.07, 6.45) is 7.20. The molecule has 0 saturated heterocycles. The molecule has 0 aliphatic heterocycles. The van der Waals surface area contributed by atoms with Crippen LogP contribution in [0.15, 0.2) is 42.7 Å². The van der Waals surface area contributed by atoms with Crippen LogP contribution in [0.4, 0.5) is 4.79 Å². The van der Waals surface area contributed by atoms with Crippen molar-refractivity contribution in [1.29, 1.82) is 0 Å². The number of carbonyl (C=O) groups is 1. The molecular weight excluding hydrogens is 326 g/mol. The highest BCUT2D eigenvalue weighted by molar-refractivity contribution is 5.76. The molecule has 1 atom stereocenters. The van der Waals surface area contributed by atoms with Gasteiger partial charge >= 0.3 is 6.03 Å². The summed E-state index contributed by atoms with van der Waals surface area (Å²) in [5.41, 5.74) is 3.85. The normalized spacial score (nSPS) is 16.9. The van der Waals surface area contributed by atoms with Gasteiger partial charge in [-0.05, 0) is 55.0 Å². The molecule has 138 valence electrons. The van der Waals surface area contributed by atoms with Gasteiger partial charge in [-0.1, -0.05) is 37.1 Å². The Kier molecular flexibility index (Phi) is 5.57. The van der Waals surface area contributed by atoms with Gasteiger partial charge in [0.2, 0.25) is 0 Å². The molecule has 0 bridgehead atoms. The summed E-state index contributed by atoms with van der Waals surface area (Å²) in [6.45, 7) is 4.11. The van der Waals surface area contributed by atoms with E-state index >= 15 is 0 Å². The van der Waals surface area contributed by atoms with Crippen LogP contribution < -0.4 is 10.6 Å². The van der Waals surface area contributed by atoms with Gasteiger partial charge in [-0.15, -0.1) is 0 Å². The van der Waals surface area contributed by atoms with E-state index in [0.717, 1.165) is 36.8 Å². The maximum atomic E-state index is 12.7. The first-order valence-corrected chi connectivity index (χ1v) is 9.20. The number of hydrogen-bond acceptors (Lipinski definition) is 3. The highest BCUT2D eigenvalue weighted by Crippen LogP contribution is 2.29. The van der Waals surface area contributed by atoms with Crippen LogP contribution in [0.3, 0.4) is 0 Å². The standard InChI is InChI=1S/C21H27N3O2/c1-15-7-8-17(12-16(15)2)19(18-6-5-11-22-13-18)23-20(26)24-21(14-25)9-3-4-10-21/h5-8,11-13,19,25H,3-4,9-10,14H2,1-2H3,(H2,23,24,26)/t19-/m0/s1. The van der Waals surface area contributed by atoms with Crippen molar-refractivity contribution in [1.82, 2.24) is 15.6 Å². The third kappa shape index (κ3) is 4.05. The molecule has 2 aromatic rings. The number of aliphatic hydroxyl groups is 1. The maximum absolute atomic E-state index is 12.7. The highest BCUT2D eigenvalue weighted by atomic mass is 16.3. The molecular formula is C21H27N3O2. The lowest BCUT2D eigenvalue weighted by atomic mass is 9.96. The van der Waals surface area contributed by atoms with Crippen molar-refractivity contribution in [3.63, 3.8) is 0 Å². The fraction of sp³-hybridized carbons (Fsp3) is 0.429. The second-order valence-corrected chi connectivity index (χ2v) is 7.31. The van der Waals surface area contributed by atoms with Crippen LogP contribution in [0.1, 0.15) is 54.0 Å². The van der Waals surface area contributed by atoms with Crippen molar-refractivity contribution < 1.29 is 9.90 Å². The smallest absolute Gasteiger partial charge is 0.316 e. The van der Waals surface area contributed by atoms with Gasteiger partial charge in [-0.3, -0.25) is 4.98 Å². The molecule has 0 radical (unpaired) electrons. The van der Waals surface area contributed by atoms with Crippen molar-refractivity contribution in [2.24, 2.45) is 0 Å². The molecule has 2 amide bonds. The Labute approximate surface area is 154 Å². The molecule has 1 aromatic carbocycles. The number of benzene rings is 1. The van der Waals surface area contributed by atoms with Crippen LogP contribution in [0.5, 0.6) is 0 Å². The molecule has 26 heavy (non-hydrogen) atoms. The van der Waals surface area contributed by atoms with Crippen molar-refractivity contribution in [2.75, 3.05) is 6.61 Å². The summed E-state index contributed by atoms with van der Waals surface area (Å²) in [7, 11) is 0. The van der Waals surface area contributed by atoms with Gasteiger partial charge in [0.15, 0.2) is 0 Å². The largest absolute Gasteiger partial charge is 0.394 e. The highest BCUT2D eigenvalue weighted by Gasteiger charge is 2.35. The maximum Gasteiger partial charge on any atom is 0.316 e. The van der Waals surface area contributed by atoms with Gasteiger partial charge in [-0.25, -0.2) is 4.79 Å². The van der Waals surface area contributed by atoms with Gasteiger partial charge in [0, 0.05) is 12.4 Å². The summed E-state index contributed by atoms with van der Waals surface area (Å²) in [5, 5.41) is 15.8. The number of aromatic nitrogens is 1. The van der Waals surface area contributed by atoms with Gasteiger partial charge in [-0.2, -0.15) is 0 Å². The second kappa shape index (κ2) is 7.87. The van der Waals surface area contributed by atoms with Crippen LogP contribution in [0.25, 0.3) is 0 Å². The van der Waals surface area contributed by atoms with E-state index < -0.39 is 5.54 Å². The average Bonchev–Trinajstić information content (AvgIpc) is 3.12. The van der Waals surface area contributed by atoms with E-state index in [1.54, 1.807) is 12.4 Å². The zero-order valence-electron chi connectivity index (χ0n) is 15.5. The number of aryl methyl sites for hydroxylation is 2. The Balaban J connectivity index is 1.84. The summed E-state index contributed by atoms with van der Waals surface area (Å²) in [4.78, 5) is 16.9. The molecule has 1 aliphatic rings. The number of nitrogens with zero attached hydrogens (tertiary/aromatic N) is 1. The molecule has 5 nitrogen and oxygen atoms in total. The first-order valence-electron chi connectivity index (χ1n) is 9.20. The number of amides is 2. The molecule has 1 aromatic heterocycles. The molecule has 1 aliphatic carbocycles. The van der Waals surface area contributed by atoms with Crippen molar-refractivity contribution in [3.05, 3.63) is 65.0 Å². The van der Waals surface area contributed by atoms with Gasteiger partial charge < -0.3 is 15.7 Å². The number of carbonyl (C=O) groups excluding carboxylic acids is 1. The molecule has 0 unspecified atom stereocenters. The van der Waals surface area contributed by atoms with E-state index in [1.807, 2.05) is 18.2 Å². The van der Waals surface area contributed by atoms with E-state index in [9.17, 15) is 9.90 Å². The lowest BCUT2D eigenvalue weighted by Gasteiger charge is -2.29. The minimum Gasteiger partial charge on any atom is -0.394 e. The van der Waals surface area contributed by atoms with E-state index in [1.165, 1.54) is 11.1 Å². The Hall–Kier alpha value is -2.40. The van der Waals surface area contributed by atoms with Gasteiger partial charge in [0.25, 0.3) is 0 Å². The zero-order valence-corrected chi connectivity index (χ0v) is 15.5. The minimum absolute atomic E-state index is 0.0262. The molecule has 5 heteroatoms.